The number of hydrogen-bond donors (Lipinski definition) is 1. The zero-order chi connectivity index (χ0) is 18.5. The fourth-order valence-electron chi connectivity index (χ4n) is 2.09. The molecule has 1 amide bonds. The molecule has 3 rings (SSSR count). The lowest BCUT2D eigenvalue weighted by molar-refractivity contribution is -0.116. The van der Waals surface area contributed by atoms with E-state index < -0.39 is 0 Å². The molecule has 1 fully saturated rings. The van der Waals surface area contributed by atoms with Gasteiger partial charge in [-0.1, -0.05) is 57.0 Å². The minimum Gasteiger partial charge on any atom is -0.488 e. The van der Waals surface area contributed by atoms with Crippen LogP contribution in [0.3, 0.4) is 0 Å². The molecule has 2 aromatic carbocycles. The van der Waals surface area contributed by atoms with Crippen LogP contribution in [0.1, 0.15) is 11.1 Å². The van der Waals surface area contributed by atoms with E-state index in [4.69, 9.17) is 27.9 Å². The number of carbonyl (C=O) groups excluding carboxylic acids is 1. The molecule has 0 unspecified atom stereocenters. The molecule has 0 aromatic heterocycles. The fraction of sp³-hybridized carbons (Fsp3) is 0.118. The first-order valence-electron chi connectivity index (χ1n) is 7.42. The molecule has 0 saturated carbocycles. The maximum Gasteiger partial charge on any atom is 0.236 e. The van der Waals surface area contributed by atoms with Crippen molar-refractivity contribution in [3.05, 3.63) is 62.0 Å². The van der Waals surface area contributed by atoms with Crippen molar-refractivity contribution in [2.75, 3.05) is 5.75 Å². The molecule has 1 N–H and O–H groups in total. The van der Waals surface area contributed by atoms with E-state index in [9.17, 15) is 4.79 Å². The van der Waals surface area contributed by atoms with Gasteiger partial charge in [-0.2, -0.15) is 5.10 Å². The van der Waals surface area contributed by atoms with E-state index in [0.717, 1.165) is 10.0 Å². The highest BCUT2D eigenvalue weighted by Gasteiger charge is 2.16. The van der Waals surface area contributed by atoms with Crippen LogP contribution in [-0.4, -0.2) is 23.0 Å². The van der Waals surface area contributed by atoms with Crippen LogP contribution in [0.2, 0.25) is 10.0 Å². The number of rotatable bonds is 5. The number of hydrogen-bond acceptors (Lipinski definition) is 5. The normalized spacial score (nSPS) is 15.7. The summed E-state index contributed by atoms with van der Waals surface area (Å²) < 4.78 is 6.75. The van der Waals surface area contributed by atoms with Crippen molar-refractivity contribution in [3.8, 4) is 5.75 Å². The Kier molecular flexibility index (Phi) is 6.58. The monoisotopic (exact) mass is 471 g/mol. The molecule has 0 atom stereocenters. The van der Waals surface area contributed by atoms with Crippen LogP contribution in [0.15, 0.2) is 51.1 Å². The summed E-state index contributed by atoms with van der Waals surface area (Å²) in [5, 5.41) is 12.2. The van der Waals surface area contributed by atoms with Crippen molar-refractivity contribution in [2.24, 2.45) is 10.2 Å². The molecule has 1 saturated heterocycles. The van der Waals surface area contributed by atoms with Gasteiger partial charge in [-0.15, -0.1) is 5.10 Å². The molecule has 26 heavy (non-hydrogen) atoms. The number of amidine groups is 1. The number of benzene rings is 2. The lowest BCUT2D eigenvalue weighted by Gasteiger charge is -2.11. The SMILES string of the molecule is O=C1CSC(=NN=Cc2cc(Br)ccc2OCc2c(Cl)cccc2Cl)N1. The number of nitrogens with zero attached hydrogens (tertiary/aromatic N) is 2. The lowest BCUT2D eigenvalue weighted by Crippen LogP contribution is -2.19. The summed E-state index contributed by atoms with van der Waals surface area (Å²) in [6.07, 6.45) is 1.56. The van der Waals surface area contributed by atoms with Crippen molar-refractivity contribution in [1.82, 2.24) is 5.32 Å². The van der Waals surface area contributed by atoms with Gasteiger partial charge < -0.3 is 10.1 Å². The Morgan fingerprint density at radius 2 is 2.04 bits per heavy atom. The summed E-state index contributed by atoms with van der Waals surface area (Å²) in [5.41, 5.74) is 1.44. The highest BCUT2D eigenvalue weighted by molar-refractivity contribution is 9.10. The van der Waals surface area contributed by atoms with Crippen molar-refractivity contribution in [1.29, 1.82) is 0 Å². The van der Waals surface area contributed by atoms with Crippen LogP contribution >= 0.6 is 50.9 Å². The maximum absolute atomic E-state index is 11.1. The highest BCUT2D eigenvalue weighted by Crippen LogP contribution is 2.28. The van der Waals surface area contributed by atoms with Crippen molar-refractivity contribution < 1.29 is 9.53 Å². The van der Waals surface area contributed by atoms with Crippen LogP contribution in [0.4, 0.5) is 0 Å². The number of ether oxygens (including phenoxy) is 1. The highest BCUT2D eigenvalue weighted by atomic mass is 79.9. The van der Waals surface area contributed by atoms with Crippen molar-refractivity contribution in [3.63, 3.8) is 0 Å². The van der Waals surface area contributed by atoms with Crippen LogP contribution in [0.5, 0.6) is 5.75 Å². The molecule has 0 bridgehead atoms. The van der Waals surface area contributed by atoms with E-state index >= 15 is 0 Å². The summed E-state index contributed by atoms with van der Waals surface area (Å²) in [7, 11) is 0. The number of carbonyl (C=O) groups is 1. The Morgan fingerprint density at radius 1 is 1.27 bits per heavy atom. The summed E-state index contributed by atoms with van der Waals surface area (Å²) in [5.74, 6) is 0.890. The van der Waals surface area contributed by atoms with Gasteiger partial charge in [-0.3, -0.25) is 4.79 Å². The number of amides is 1. The molecular formula is C17H12BrCl2N3O2S. The van der Waals surface area contributed by atoms with Gasteiger partial charge in [-0.05, 0) is 30.3 Å². The van der Waals surface area contributed by atoms with Gasteiger partial charge in [0.15, 0.2) is 5.17 Å². The van der Waals surface area contributed by atoms with Gasteiger partial charge in [0.05, 0.1) is 12.0 Å². The largest absolute Gasteiger partial charge is 0.488 e. The average molecular weight is 473 g/mol. The predicted octanol–water partition coefficient (Wildman–Crippen LogP) is 4.89. The molecule has 134 valence electrons. The topological polar surface area (TPSA) is 63.0 Å². The third-order valence-electron chi connectivity index (χ3n) is 3.34. The van der Waals surface area contributed by atoms with E-state index in [1.807, 2.05) is 18.2 Å². The van der Waals surface area contributed by atoms with Gasteiger partial charge in [0.1, 0.15) is 12.4 Å². The second-order valence-electron chi connectivity index (χ2n) is 5.16. The first-order valence-corrected chi connectivity index (χ1v) is 9.95. The Hall–Kier alpha value is -1.54. The first kappa shape index (κ1) is 19.2. The molecule has 0 radical (unpaired) electrons. The smallest absolute Gasteiger partial charge is 0.236 e. The summed E-state index contributed by atoms with van der Waals surface area (Å²) in [6.45, 7) is 0.224. The predicted molar refractivity (Wildman–Crippen MR) is 111 cm³/mol. The van der Waals surface area contributed by atoms with Crippen LogP contribution < -0.4 is 10.1 Å². The minimum atomic E-state index is -0.0768. The van der Waals surface area contributed by atoms with Crippen LogP contribution in [-0.2, 0) is 11.4 Å². The van der Waals surface area contributed by atoms with Gasteiger partial charge in [0.2, 0.25) is 5.91 Å². The molecule has 1 heterocycles. The van der Waals surface area contributed by atoms with E-state index in [2.05, 4.69) is 31.4 Å². The summed E-state index contributed by atoms with van der Waals surface area (Å²) in [6, 6.07) is 10.8. The first-order chi connectivity index (χ1) is 12.5. The maximum atomic E-state index is 11.1. The van der Waals surface area contributed by atoms with Gasteiger partial charge in [-0.25, -0.2) is 0 Å². The number of nitrogens with one attached hydrogen (secondary N) is 1. The average Bonchev–Trinajstić information content (AvgIpc) is 3.01. The standard InChI is InChI=1S/C17H12BrCl2N3O2S/c18-11-4-5-15(25-8-12-13(19)2-1-3-14(12)20)10(6-11)7-21-23-17-22-16(24)9-26-17/h1-7H,8-9H2,(H,22,23,24). The number of halogens is 3. The second-order valence-corrected chi connectivity index (χ2v) is 7.85. The zero-order valence-electron chi connectivity index (χ0n) is 13.2. The molecule has 1 aliphatic rings. The zero-order valence-corrected chi connectivity index (χ0v) is 17.1. The third kappa shape index (κ3) is 5.01. The van der Waals surface area contributed by atoms with Crippen LogP contribution in [0, 0.1) is 0 Å². The van der Waals surface area contributed by atoms with E-state index in [1.165, 1.54) is 11.8 Å². The molecule has 1 aliphatic heterocycles. The van der Waals surface area contributed by atoms with Crippen LogP contribution in [0.25, 0.3) is 0 Å². The van der Waals surface area contributed by atoms with Gasteiger partial charge in [0, 0.05) is 25.6 Å². The van der Waals surface area contributed by atoms with E-state index in [1.54, 1.807) is 24.4 Å². The van der Waals surface area contributed by atoms with Crippen molar-refractivity contribution in [2.45, 2.75) is 6.61 Å². The quantitative estimate of drug-likeness (QED) is 0.497. The lowest BCUT2D eigenvalue weighted by atomic mass is 10.2. The van der Waals surface area contributed by atoms with E-state index in [-0.39, 0.29) is 12.5 Å². The van der Waals surface area contributed by atoms with Gasteiger partial charge >= 0.3 is 0 Å². The summed E-state index contributed by atoms with van der Waals surface area (Å²) >= 11 is 17.1. The minimum absolute atomic E-state index is 0.0768. The summed E-state index contributed by atoms with van der Waals surface area (Å²) in [4.78, 5) is 11.1. The molecular weight excluding hydrogens is 461 g/mol. The molecule has 0 aliphatic carbocycles. The Bertz CT molecular complexity index is 885. The molecule has 5 nitrogen and oxygen atoms in total. The molecule has 2 aromatic rings. The third-order valence-corrected chi connectivity index (χ3v) is 5.40. The molecule has 0 spiro atoms. The Morgan fingerprint density at radius 3 is 2.73 bits per heavy atom. The Labute approximate surface area is 172 Å². The second kappa shape index (κ2) is 8.90. The Balaban J connectivity index is 1.76. The van der Waals surface area contributed by atoms with Crippen molar-refractivity contribution >= 4 is 68.2 Å². The fourth-order valence-corrected chi connectivity index (χ4v) is 3.61. The van der Waals surface area contributed by atoms with Gasteiger partial charge in [0.25, 0.3) is 0 Å². The van der Waals surface area contributed by atoms with E-state index in [0.29, 0.717) is 32.3 Å². The number of thioether (sulfide) groups is 1. The molecule has 9 heteroatoms.